The van der Waals surface area contributed by atoms with Gasteiger partial charge in [0.15, 0.2) is 21.4 Å². The molecule has 0 saturated carbocycles. The summed E-state index contributed by atoms with van der Waals surface area (Å²) in [6.45, 7) is -0.0907. The molecule has 0 unspecified atom stereocenters. The van der Waals surface area contributed by atoms with Crippen LogP contribution in [-0.2, 0) is 27.5 Å². The van der Waals surface area contributed by atoms with Gasteiger partial charge < -0.3 is 15.2 Å². The molecule has 45 heavy (non-hydrogen) atoms. The number of aliphatic carboxylic acids is 1. The topological polar surface area (TPSA) is 144 Å². The van der Waals surface area contributed by atoms with Crippen LogP contribution >= 0.6 is 0 Å². The lowest BCUT2D eigenvalue weighted by atomic mass is 9.87. The van der Waals surface area contributed by atoms with Crippen LogP contribution in [0, 0.1) is 0 Å². The highest BCUT2D eigenvalue weighted by atomic mass is 32.2. The SMILES string of the molecule is CS(=O)(=O)c1cc(C(=O)/C=C(\C(=O)c2ccc(C(=O)NCCC(=O)O)cc2)c2ccc3c(c2)CCCC3)ccc1OC(F)(F)F. The van der Waals surface area contributed by atoms with Crippen molar-refractivity contribution in [2.45, 2.75) is 43.4 Å². The van der Waals surface area contributed by atoms with E-state index < -0.39 is 50.3 Å². The smallest absolute Gasteiger partial charge is 0.481 e. The number of aryl methyl sites for hydroxylation is 2. The number of ketones is 2. The zero-order valence-corrected chi connectivity index (χ0v) is 24.8. The van der Waals surface area contributed by atoms with Gasteiger partial charge in [0.05, 0.1) is 6.42 Å². The average Bonchev–Trinajstić information content (AvgIpc) is 2.98. The highest BCUT2D eigenvalue weighted by molar-refractivity contribution is 7.90. The van der Waals surface area contributed by atoms with Crippen LogP contribution in [0.5, 0.6) is 5.75 Å². The molecule has 13 heteroatoms. The summed E-state index contributed by atoms with van der Waals surface area (Å²) in [5.74, 6) is -4.06. The minimum atomic E-state index is -5.17. The number of fused-ring (bicyclic) bond motifs is 1. The molecule has 236 valence electrons. The number of carboxylic acid groups (broad SMARTS) is 1. The number of hydrogen-bond donors (Lipinski definition) is 2. The summed E-state index contributed by atoms with van der Waals surface area (Å²) in [7, 11) is -4.26. The van der Waals surface area contributed by atoms with Crippen LogP contribution in [0.3, 0.4) is 0 Å². The van der Waals surface area contributed by atoms with Crippen LogP contribution in [-0.4, -0.2) is 56.1 Å². The number of amides is 1. The molecule has 0 spiro atoms. The maximum atomic E-state index is 13.8. The third-order valence-corrected chi connectivity index (χ3v) is 8.18. The van der Waals surface area contributed by atoms with E-state index >= 15 is 0 Å². The molecule has 1 amide bonds. The van der Waals surface area contributed by atoms with Gasteiger partial charge in [-0.05, 0) is 78.8 Å². The van der Waals surface area contributed by atoms with E-state index in [4.69, 9.17) is 5.11 Å². The standard InChI is InChI=1S/C32H28F3NO8S/c1-45(42,43)28-17-24(12-13-27(28)44-32(33,34)35)26(37)18-25(23-11-6-19-4-2-3-5-22(19)16-23)30(40)20-7-9-21(10-8-20)31(41)36-15-14-29(38)39/h6-13,16-18H,2-5,14-15H2,1H3,(H,36,41)(H,38,39)/b25-18-. The lowest BCUT2D eigenvalue weighted by Crippen LogP contribution is -2.26. The van der Waals surface area contributed by atoms with Crippen molar-refractivity contribution in [3.05, 3.63) is 100 Å². The Morgan fingerprint density at radius 1 is 0.867 bits per heavy atom. The highest BCUT2D eigenvalue weighted by Gasteiger charge is 2.34. The number of carboxylic acids is 1. The molecule has 4 rings (SSSR count). The lowest BCUT2D eigenvalue weighted by molar-refractivity contribution is -0.275. The van der Waals surface area contributed by atoms with E-state index in [1.807, 2.05) is 6.07 Å². The number of Topliss-reactive ketones (excluding diaryl/α,β-unsaturated/α-hetero) is 1. The average molecular weight is 644 g/mol. The Hall–Kier alpha value is -4.78. The van der Waals surface area contributed by atoms with Crippen molar-refractivity contribution in [2.75, 3.05) is 12.8 Å². The molecule has 1 aliphatic rings. The zero-order chi connectivity index (χ0) is 32.9. The number of carbonyl (C=O) groups excluding carboxylic acids is 3. The van der Waals surface area contributed by atoms with Crippen molar-refractivity contribution in [3.8, 4) is 5.75 Å². The van der Waals surface area contributed by atoms with E-state index in [1.165, 1.54) is 24.3 Å². The lowest BCUT2D eigenvalue weighted by Gasteiger charge is -2.17. The fraction of sp³-hybridized carbons (Fsp3) is 0.250. The van der Waals surface area contributed by atoms with E-state index in [-0.39, 0.29) is 35.2 Å². The van der Waals surface area contributed by atoms with Crippen molar-refractivity contribution in [2.24, 2.45) is 0 Å². The van der Waals surface area contributed by atoms with E-state index in [2.05, 4.69) is 10.1 Å². The third kappa shape index (κ3) is 8.66. The quantitative estimate of drug-likeness (QED) is 0.214. The Labute approximate surface area is 256 Å². The number of rotatable bonds is 11. The van der Waals surface area contributed by atoms with Gasteiger partial charge >= 0.3 is 12.3 Å². The van der Waals surface area contributed by atoms with Crippen molar-refractivity contribution >= 4 is 38.9 Å². The van der Waals surface area contributed by atoms with E-state index in [0.29, 0.717) is 11.8 Å². The van der Waals surface area contributed by atoms with Crippen molar-refractivity contribution in [3.63, 3.8) is 0 Å². The Bertz CT molecular complexity index is 1800. The number of halogens is 3. The summed E-state index contributed by atoms with van der Waals surface area (Å²) in [5, 5.41) is 11.2. The first-order chi connectivity index (χ1) is 21.1. The predicted octanol–water partition coefficient (Wildman–Crippen LogP) is 5.22. The van der Waals surface area contributed by atoms with Crippen LogP contribution < -0.4 is 10.1 Å². The van der Waals surface area contributed by atoms with Gasteiger partial charge in [-0.2, -0.15) is 0 Å². The van der Waals surface area contributed by atoms with Crippen LogP contribution in [0.4, 0.5) is 13.2 Å². The number of ether oxygens (including phenoxy) is 1. The van der Waals surface area contributed by atoms with Crippen molar-refractivity contribution in [1.82, 2.24) is 5.32 Å². The maximum Gasteiger partial charge on any atom is 0.573 e. The van der Waals surface area contributed by atoms with Gasteiger partial charge in [-0.15, -0.1) is 13.2 Å². The van der Waals surface area contributed by atoms with Gasteiger partial charge in [-0.3, -0.25) is 19.2 Å². The van der Waals surface area contributed by atoms with Gasteiger partial charge in [0.1, 0.15) is 10.6 Å². The first-order valence-corrected chi connectivity index (χ1v) is 15.6. The molecular weight excluding hydrogens is 615 g/mol. The molecule has 0 bridgehead atoms. The number of allylic oxidation sites excluding steroid dienone is 2. The molecule has 0 aromatic heterocycles. The van der Waals surface area contributed by atoms with Gasteiger partial charge in [0.2, 0.25) is 0 Å². The van der Waals surface area contributed by atoms with E-state index in [9.17, 15) is 40.8 Å². The Kier molecular flexibility index (Phi) is 9.91. The Balaban J connectivity index is 1.73. The Morgan fingerprint density at radius 2 is 1.47 bits per heavy atom. The zero-order valence-electron chi connectivity index (χ0n) is 23.9. The number of benzene rings is 3. The first-order valence-electron chi connectivity index (χ1n) is 13.8. The summed E-state index contributed by atoms with van der Waals surface area (Å²) in [6.07, 6.45) is -0.182. The molecule has 0 atom stereocenters. The van der Waals surface area contributed by atoms with Crippen molar-refractivity contribution < 1.29 is 50.6 Å². The first kappa shape index (κ1) is 33.1. The molecule has 0 fully saturated rings. The third-order valence-electron chi connectivity index (χ3n) is 7.07. The minimum absolute atomic E-state index is 0.0523. The number of carbonyl (C=O) groups is 4. The second kappa shape index (κ2) is 13.5. The highest BCUT2D eigenvalue weighted by Crippen LogP contribution is 2.32. The minimum Gasteiger partial charge on any atom is -0.481 e. The van der Waals surface area contributed by atoms with Crippen LogP contribution in [0.2, 0.25) is 0 Å². The van der Waals surface area contributed by atoms with Gasteiger partial charge in [0.25, 0.3) is 5.91 Å². The number of hydrogen-bond acceptors (Lipinski definition) is 7. The van der Waals surface area contributed by atoms with Crippen LogP contribution in [0.25, 0.3) is 5.57 Å². The molecular formula is C32H28F3NO8S. The van der Waals surface area contributed by atoms with Crippen molar-refractivity contribution in [1.29, 1.82) is 0 Å². The molecule has 0 saturated heterocycles. The molecule has 0 heterocycles. The van der Waals surface area contributed by atoms with Gasteiger partial charge in [-0.25, -0.2) is 8.42 Å². The Morgan fingerprint density at radius 3 is 2.09 bits per heavy atom. The van der Waals surface area contributed by atoms with E-state index in [0.717, 1.165) is 61.1 Å². The maximum absolute atomic E-state index is 13.8. The molecule has 0 radical (unpaired) electrons. The van der Waals surface area contributed by atoms with E-state index in [1.54, 1.807) is 12.1 Å². The number of nitrogens with one attached hydrogen (secondary N) is 1. The molecule has 0 aliphatic heterocycles. The molecule has 1 aliphatic carbocycles. The summed E-state index contributed by atoms with van der Waals surface area (Å²) in [4.78, 5) is 49.4. The fourth-order valence-corrected chi connectivity index (χ4v) is 5.69. The van der Waals surface area contributed by atoms with Crippen LogP contribution in [0.15, 0.2) is 71.6 Å². The fourth-order valence-electron chi connectivity index (χ4n) is 4.87. The van der Waals surface area contributed by atoms with Gasteiger partial charge in [-0.1, -0.05) is 30.3 Å². The second-order valence-corrected chi connectivity index (χ2v) is 12.4. The second-order valence-electron chi connectivity index (χ2n) is 10.4. The molecule has 3 aromatic carbocycles. The number of sulfone groups is 1. The largest absolute Gasteiger partial charge is 0.573 e. The predicted molar refractivity (Wildman–Crippen MR) is 157 cm³/mol. The number of alkyl halides is 3. The molecule has 2 N–H and O–H groups in total. The molecule has 3 aromatic rings. The normalized spacial score (nSPS) is 13.5. The van der Waals surface area contributed by atoms with Gasteiger partial charge in [0, 0.05) is 35.1 Å². The summed E-state index contributed by atoms with van der Waals surface area (Å²) in [6, 6.07) is 13.3. The summed E-state index contributed by atoms with van der Waals surface area (Å²) < 4.78 is 67.0. The summed E-state index contributed by atoms with van der Waals surface area (Å²) >= 11 is 0. The summed E-state index contributed by atoms with van der Waals surface area (Å²) in [5.41, 5.74) is 2.46. The molecule has 9 nitrogen and oxygen atoms in total. The van der Waals surface area contributed by atoms with Crippen LogP contribution in [0.1, 0.15) is 67.0 Å². The monoisotopic (exact) mass is 643 g/mol.